The van der Waals surface area contributed by atoms with E-state index in [2.05, 4.69) is 0 Å². The van der Waals surface area contributed by atoms with E-state index in [1.165, 1.54) is 18.2 Å². The van der Waals surface area contributed by atoms with Gasteiger partial charge in [-0.3, -0.25) is 0 Å². The van der Waals surface area contributed by atoms with E-state index in [4.69, 9.17) is 0 Å². The fourth-order valence-corrected chi connectivity index (χ4v) is 1.42. The zero-order valence-electron chi connectivity index (χ0n) is 8.33. The molecule has 0 amide bonds. The first-order valence-electron chi connectivity index (χ1n) is 4.77. The van der Waals surface area contributed by atoms with Gasteiger partial charge in [-0.1, -0.05) is 31.2 Å². The van der Waals surface area contributed by atoms with Crippen molar-refractivity contribution in [2.24, 2.45) is 0 Å². The first kappa shape index (κ1) is 12.0. The average molecular weight is 218 g/mol. The predicted octanol–water partition coefficient (Wildman–Crippen LogP) is 3.41. The van der Waals surface area contributed by atoms with Crippen LogP contribution in [-0.2, 0) is 0 Å². The maximum atomic E-state index is 13.2. The third-order valence-corrected chi connectivity index (χ3v) is 2.26. The van der Waals surface area contributed by atoms with E-state index in [0.717, 1.165) is 0 Å². The van der Waals surface area contributed by atoms with Gasteiger partial charge in [0, 0.05) is 0 Å². The van der Waals surface area contributed by atoms with Crippen LogP contribution in [0.5, 0.6) is 0 Å². The summed E-state index contributed by atoms with van der Waals surface area (Å²) in [5.41, 5.74) is 0.120. The van der Waals surface area contributed by atoms with Crippen LogP contribution in [0.2, 0.25) is 0 Å². The summed E-state index contributed by atoms with van der Waals surface area (Å²) in [6, 6.07) is 5.83. The Kier molecular flexibility index (Phi) is 4.15. The molecule has 0 spiro atoms. The Labute approximate surface area is 86.5 Å². The van der Waals surface area contributed by atoms with Crippen molar-refractivity contribution >= 4 is 0 Å². The second-order valence-electron chi connectivity index (χ2n) is 3.29. The minimum Gasteiger partial charge on any atom is -0.388 e. The predicted molar refractivity (Wildman–Crippen MR) is 51.5 cm³/mol. The molecule has 2 unspecified atom stereocenters. The van der Waals surface area contributed by atoms with Gasteiger partial charge in [-0.15, -0.1) is 0 Å². The Bertz CT molecular complexity index is 314. The minimum atomic E-state index is -3.06. The Hall–Kier alpha value is -1.03. The molecule has 1 aromatic carbocycles. The van der Waals surface area contributed by atoms with Gasteiger partial charge in [-0.05, 0) is 17.5 Å². The molecule has 0 fully saturated rings. The Balaban J connectivity index is 3.06. The van der Waals surface area contributed by atoms with Crippen LogP contribution in [0.3, 0.4) is 0 Å². The molecule has 0 heterocycles. The van der Waals surface area contributed by atoms with Crippen molar-refractivity contribution in [2.45, 2.75) is 32.0 Å². The van der Waals surface area contributed by atoms with Crippen molar-refractivity contribution in [3.05, 3.63) is 35.4 Å². The topological polar surface area (TPSA) is 20.2 Å². The van der Waals surface area contributed by atoms with Crippen molar-refractivity contribution < 1.29 is 18.3 Å². The van der Waals surface area contributed by atoms with E-state index >= 15 is 0 Å². The van der Waals surface area contributed by atoms with Crippen LogP contribution >= 0.6 is 0 Å². The molecule has 0 saturated carbocycles. The van der Waals surface area contributed by atoms with Gasteiger partial charge < -0.3 is 5.11 Å². The number of hydrogen-bond donors (Lipinski definition) is 1. The summed E-state index contributed by atoms with van der Waals surface area (Å²) in [5, 5.41) is 9.53. The first-order chi connectivity index (χ1) is 7.07. The van der Waals surface area contributed by atoms with E-state index in [1.807, 2.05) is 0 Å². The fourth-order valence-electron chi connectivity index (χ4n) is 1.42. The minimum absolute atomic E-state index is 0.123. The molecule has 1 aromatic rings. The number of halogens is 3. The summed E-state index contributed by atoms with van der Waals surface area (Å²) >= 11 is 0. The molecular formula is C11H13F3O. The number of benzene rings is 1. The van der Waals surface area contributed by atoms with Crippen LogP contribution in [0.1, 0.15) is 36.7 Å². The Morgan fingerprint density at radius 2 is 1.67 bits per heavy atom. The van der Waals surface area contributed by atoms with Crippen molar-refractivity contribution in [1.29, 1.82) is 0 Å². The summed E-state index contributed by atoms with van der Waals surface area (Å²) in [4.78, 5) is 0. The smallest absolute Gasteiger partial charge is 0.273 e. The van der Waals surface area contributed by atoms with E-state index in [1.54, 1.807) is 13.0 Å². The average Bonchev–Trinajstić information content (AvgIpc) is 2.27. The zero-order chi connectivity index (χ0) is 11.4. The van der Waals surface area contributed by atoms with Crippen LogP contribution in [0, 0.1) is 0 Å². The van der Waals surface area contributed by atoms with Crippen LogP contribution in [0.15, 0.2) is 24.3 Å². The summed E-state index contributed by atoms with van der Waals surface area (Å²) in [7, 11) is 0. The molecule has 0 aromatic heterocycles. The Morgan fingerprint density at radius 3 is 2.13 bits per heavy atom. The summed E-state index contributed by atoms with van der Waals surface area (Å²) in [6.45, 7) is 1.71. The second-order valence-corrected chi connectivity index (χ2v) is 3.29. The largest absolute Gasteiger partial charge is 0.388 e. The van der Waals surface area contributed by atoms with E-state index in [9.17, 15) is 18.3 Å². The zero-order valence-corrected chi connectivity index (χ0v) is 8.33. The molecule has 0 aliphatic rings. The normalized spacial score (nSPS) is 15.3. The van der Waals surface area contributed by atoms with Crippen molar-refractivity contribution in [3.8, 4) is 0 Å². The molecule has 4 heteroatoms. The molecule has 1 nitrogen and oxygen atoms in total. The molecule has 0 bridgehead atoms. The van der Waals surface area contributed by atoms with Gasteiger partial charge in [-0.2, -0.15) is 0 Å². The standard InChI is InChI=1S/C11H13F3O/c1-2-9(15)7-5-3-4-6-8(7)10(12)11(13)14/h3-6,9-11,15H,2H2,1H3. The fraction of sp³-hybridized carbons (Fsp3) is 0.455. The van der Waals surface area contributed by atoms with Crippen molar-refractivity contribution in [1.82, 2.24) is 0 Å². The maximum absolute atomic E-state index is 13.2. The summed E-state index contributed by atoms with van der Waals surface area (Å²) in [5.74, 6) is 0. The molecule has 0 saturated heterocycles. The van der Waals surface area contributed by atoms with Gasteiger partial charge in [0.15, 0.2) is 6.17 Å². The van der Waals surface area contributed by atoms with Crippen LogP contribution in [0.25, 0.3) is 0 Å². The van der Waals surface area contributed by atoms with E-state index in [-0.39, 0.29) is 11.1 Å². The lowest BCUT2D eigenvalue weighted by Crippen LogP contribution is -2.09. The molecule has 0 aliphatic heterocycles. The quantitative estimate of drug-likeness (QED) is 0.821. The molecule has 84 valence electrons. The van der Waals surface area contributed by atoms with Gasteiger partial charge in [0.25, 0.3) is 6.43 Å². The molecule has 0 aliphatic carbocycles. The number of alkyl halides is 3. The Morgan fingerprint density at radius 1 is 1.13 bits per heavy atom. The molecule has 0 radical (unpaired) electrons. The van der Waals surface area contributed by atoms with E-state index < -0.39 is 18.7 Å². The van der Waals surface area contributed by atoms with Gasteiger partial charge in [-0.25, -0.2) is 13.2 Å². The number of aliphatic hydroxyl groups is 1. The molecule has 1 rings (SSSR count). The summed E-state index contributed by atoms with van der Waals surface area (Å²) < 4.78 is 37.6. The maximum Gasteiger partial charge on any atom is 0.273 e. The SMILES string of the molecule is CCC(O)c1ccccc1C(F)C(F)F. The van der Waals surface area contributed by atoms with Crippen LogP contribution in [0.4, 0.5) is 13.2 Å². The van der Waals surface area contributed by atoms with Crippen LogP contribution < -0.4 is 0 Å². The highest BCUT2D eigenvalue weighted by Gasteiger charge is 2.25. The van der Waals surface area contributed by atoms with Gasteiger partial charge in [0.2, 0.25) is 0 Å². The number of hydrogen-bond acceptors (Lipinski definition) is 1. The molecule has 15 heavy (non-hydrogen) atoms. The highest BCUT2D eigenvalue weighted by Crippen LogP contribution is 2.31. The second kappa shape index (κ2) is 5.16. The highest BCUT2D eigenvalue weighted by atomic mass is 19.3. The number of aliphatic hydroxyl groups excluding tert-OH is 1. The first-order valence-corrected chi connectivity index (χ1v) is 4.77. The third-order valence-electron chi connectivity index (χ3n) is 2.26. The lowest BCUT2D eigenvalue weighted by Gasteiger charge is -2.16. The lowest BCUT2D eigenvalue weighted by molar-refractivity contribution is 0.0473. The van der Waals surface area contributed by atoms with E-state index in [0.29, 0.717) is 6.42 Å². The highest BCUT2D eigenvalue weighted by molar-refractivity contribution is 5.31. The van der Waals surface area contributed by atoms with Gasteiger partial charge in [0.1, 0.15) is 0 Å². The van der Waals surface area contributed by atoms with Crippen LogP contribution in [-0.4, -0.2) is 11.5 Å². The molecule has 1 N–H and O–H groups in total. The van der Waals surface area contributed by atoms with Crippen molar-refractivity contribution in [3.63, 3.8) is 0 Å². The lowest BCUT2D eigenvalue weighted by atomic mass is 9.98. The van der Waals surface area contributed by atoms with Crippen molar-refractivity contribution in [2.75, 3.05) is 0 Å². The number of rotatable bonds is 4. The summed E-state index contributed by atoms with van der Waals surface area (Å²) in [6.07, 6.45) is -5.91. The molecular weight excluding hydrogens is 205 g/mol. The third kappa shape index (κ3) is 2.72. The van der Waals surface area contributed by atoms with Gasteiger partial charge >= 0.3 is 0 Å². The van der Waals surface area contributed by atoms with Gasteiger partial charge in [0.05, 0.1) is 6.10 Å². The molecule has 2 atom stereocenters. The monoisotopic (exact) mass is 218 g/mol.